The van der Waals surface area contributed by atoms with E-state index in [0.717, 1.165) is 6.07 Å². The molecule has 0 spiro atoms. The van der Waals surface area contributed by atoms with Gasteiger partial charge >= 0.3 is 6.18 Å². The van der Waals surface area contributed by atoms with Gasteiger partial charge < -0.3 is 9.67 Å². The van der Waals surface area contributed by atoms with Gasteiger partial charge in [0.2, 0.25) is 0 Å². The summed E-state index contributed by atoms with van der Waals surface area (Å²) in [6.45, 7) is -0.440. The number of rotatable bonds is 2. The summed E-state index contributed by atoms with van der Waals surface area (Å²) >= 11 is 0. The van der Waals surface area contributed by atoms with Crippen LogP contribution < -0.4 is 0 Å². The second kappa shape index (κ2) is 4.61. The van der Waals surface area contributed by atoms with Crippen LogP contribution in [0.2, 0.25) is 0 Å². The highest BCUT2D eigenvalue weighted by atomic mass is 19.4. The van der Waals surface area contributed by atoms with Crippen molar-refractivity contribution < 1.29 is 22.7 Å². The number of hydrogen-bond acceptors (Lipinski definition) is 3. The zero-order valence-electron chi connectivity index (χ0n) is 9.74. The van der Waals surface area contributed by atoms with Crippen molar-refractivity contribution >= 4 is 0 Å². The molecule has 102 valence electrons. The van der Waals surface area contributed by atoms with Crippen molar-refractivity contribution in [2.75, 3.05) is 0 Å². The molecule has 19 heavy (non-hydrogen) atoms. The van der Waals surface area contributed by atoms with Gasteiger partial charge in [0.25, 0.3) is 0 Å². The van der Waals surface area contributed by atoms with Crippen molar-refractivity contribution in [3.63, 3.8) is 0 Å². The van der Waals surface area contributed by atoms with E-state index in [2.05, 4.69) is 10.2 Å². The Morgan fingerprint density at radius 2 is 1.95 bits per heavy atom. The molecule has 1 aromatic heterocycles. The van der Waals surface area contributed by atoms with E-state index in [-0.39, 0.29) is 17.2 Å². The Morgan fingerprint density at radius 3 is 2.47 bits per heavy atom. The molecule has 0 bridgehead atoms. The summed E-state index contributed by atoms with van der Waals surface area (Å²) in [4.78, 5) is 0. The number of halogens is 4. The predicted molar refractivity (Wildman–Crippen MR) is 57.3 cm³/mol. The van der Waals surface area contributed by atoms with Gasteiger partial charge in [-0.2, -0.15) is 13.2 Å². The maximum atomic E-state index is 13.6. The molecule has 0 aliphatic heterocycles. The normalized spacial score (nSPS) is 11.9. The summed E-state index contributed by atoms with van der Waals surface area (Å²) in [7, 11) is 1.43. The van der Waals surface area contributed by atoms with Crippen molar-refractivity contribution in [2.24, 2.45) is 7.05 Å². The standard InChI is InChI=1S/C11H9F4N3O/c1-18-9(5-19)16-17-10(18)7-4-6(11(13,14)15)2-3-8(7)12/h2-4,19H,5H2,1H3. The SMILES string of the molecule is Cn1c(CO)nnc1-c1cc(C(F)(F)F)ccc1F. The molecule has 4 nitrogen and oxygen atoms in total. The van der Waals surface area contributed by atoms with E-state index >= 15 is 0 Å². The van der Waals surface area contributed by atoms with Crippen LogP contribution in [0.1, 0.15) is 11.4 Å². The maximum Gasteiger partial charge on any atom is 0.416 e. The van der Waals surface area contributed by atoms with Crippen LogP contribution in [0.5, 0.6) is 0 Å². The minimum Gasteiger partial charge on any atom is -0.388 e. The molecule has 0 radical (unpaired) electrons. The Morgan fingerprint density at radius 1 is 1.26 bits per heavy atom. The lowest BCUT2D eigenvalue weighted by atomic mass is 10.1. The number of nitrogens with zero attached hydrogens (tertiary/aromatic N) is 3. The Hall–Kier alpha value is -1.96. The first-order chi connectivity index (χ1) is 8.84. The number of benzene rings is 1. The average molecular weight is 275 g/mol. The van der Waals surface area contributed by atoms with E-state index in [4.69, 9.17) is 5.11 Å². The molecule has 2 aromatic rings. The number of alkyl halides is 3. The number of aliphatic hydroxyl groups excluding tert-OH is 1. The molecular formula is C11H9F4N3O. The van der Waals surface area contributed by atoms with Crippen LogP contribution in [0.4, 0.5) is 17.6 Å². The first-order valence-corrected chi connectivity index (χ1v) is 5.21. The highest BCUT2D eigenvalue weighted by Gasteiger charge is 2.31. The second-order valence-electron chi connectivity index (χ2n) is 3.85. The van der Waals surface area contributed by atoms with Crippen LogP contribution in [-0.4, -0.2) is 19.9 Å². The maximum absolute atomic E-state index is 13.6. The van der Waals surface area contributed by atoms with Crippen LogP contribution in [0.25, 0.3) is 11.4 Å². The van der Waals surface area contributed by atoms with Crippen LogP contribution in [-0.2, 0) is 19.8 Å². The first-order valence-electron chi connectivity index (χ1n) is 5.21. The molecule has 0 aliphatic rings. The zero-order chi connectivity index (χ0) is 14.2. The van der Waals surface area contributed by atoms with Gasteiger partial charge in [-0.15, -0.1) is 10.2 Å². The van der Waals surface area contributed by atoms with Gasteiger partial charge in [-0.05, 0) is 18.2 Å². The molecule has 8 heteroatoms. The third kappa shape index (κ3) is 2.43. The van der Waals surface area contributed by atoms with Crippen molar-refractivity contribution in [3.05, 3.63) is 35.4 Å². The van der Waals surface area contributed by atoms with Crippen molar-refractivity contribution in [3.8, 4) is 11.4 Å². The molecule has 0 saturated heterocycles. The summed E-state index contributed by atoms with van der Waals surface area (Å²) in [6.07, 6.45) is -4.57. The lowest BCUT2D eigenvalue weighted by molar-refractivity contribution is -0.137. The van der Waals surface area contributed by atoms with Gasteiger partial charge in [-0.25, -0.2) is 4.39 Å². The smallest absolute Gasteiger partial charge is 0.388 e. The Labute approximate surface area is 105 Å². The molecule has 2 rings (SSSR count). The minimum atomic E-state index is -4.57. The number of hydrogen-bond donors (Lipinski definition) is 1. The number of aromatic nitrogens is 3. The van der Waals surface area contributed by atoms with Gasteiger partial charge in [0, 0.05) is 7.05 Å². The van der Waals surface area contributed by atoms with Gasteiger partial charge in [0.1, 0.15) is 12.4 Å². The molecule has 0 aliphatic carbocycles. The van der Waals surface area contributed by atoms with Gasteiger partial charge in [-0.1, -0.05) is 0 Å². The molecule has 0 unspecified atom stereocenters. The summed E-state index contributed by atoms with van der Waals surface area (Å²) < 4.78 is 52.6. The van der Waals surface area contributed by atoms with E-state index in [0.29, 0.717) is 12.1 Å². The predicted octanol–water partition coefficient (Wildman–Crippen LogP) is 2.13. The zero-order valence-corrected chi connectivity index (χ0v) is 9.74. The third-order valence-corrected chi connectivity index (χ3v) is 2.64. The third-order valence-electron chi connectivity index (χ3n) is 2.64. The largest absolute Gasteiger partial charge is 0.416 e. The Kier molecular flexibility index (Phi) is 3.27. The van der Waals surface area contributed by atoms with E-state index < -0.39 is 24.2 Å². The quantitative estimate of drug-likeness (QED) is 0.854. The molecule has 1 heterocycles. The van der Waals surface area contributed by atoms with Gasteiger partial charge in [0.05, 0.1) is 11.1 Å². The molecule has 0 amide bonds. The van der Waals surface area contributed by atoms with E-state index in [1.807, 2.05) is 0 Å². The van der Waals surface area contributed by atoms with Gasteiger partial charge in [0.15, 0.2) is 11.6 Å². The van der Waals surface area contributed by atoms with Crippen molar-refractivity contribution in [1.82, 2.24) is 14.8 Å². The fourth-order valence-electron chi connectivity index (χ4n) is 1.61. The van der Waals surface area contributed by atoms with E-state index in [9.17, 15) is 17.6 Å². The monoisotopic (exact) mass is 275 g/mol. The molecule has 0 atom stereocenters. The Balaban J connectivity index is 2.58. The van der Waals surface area contributed by atoms with Crippen molar-refractivity contribution in [2.45, 2.75) is 12.8 Å². The Bertz CT molecular complexity index is 606. The second-order valence-corrected chi connectivity index (χ2v) is 3.85. The molecule has 0 saturated carbocycles. The average Bonchev–Trinajstić information content (AvgIpc) is 2.69. The summed E-state index contributed by atoms with van der Waals surface area (Å²) in [5.41, 5.74) is -1.29. The lowest BCUT2D eigenvalue weighted by Gasteiger charge is -2.09. The van der Waals surface area contributed by atoms with Crippen LogP contribution in [0.3, 0.4) is 0 Å². The summed E-state index contributed by atoms with van der Waals surface area (Å²) in [6, 6.07) is 2.05. The van der Waals surface area contributed by atoms with E-state index in [1.165, 1.54) is 11.6 Å². The number of aliphatic hydroxyl groups is 1. The van der Waals surface area contributed by atoms with Gasteiger partial charge in [-0.3, -0.25) is 0 Å². The molecule has 1 aromatic carbocycles. The van der Waals surface area contributed by atoms with E-state index in [1.54, 1.807) is 0 Å². The van der Waals surface area contributed by atoms with Crippen LogP contribution >= 0.6 is 0 Å². The lowest BCUT2D eigenvalue weighted by Crippen LogP contribution is -2.06. The highest BCUT2D eigenvalue weighted by Crippen LogP contribution is 2.33. The molecular weight excluding hydrogens is 266 g/mol. The van der Waals surface area contributed by atoms with Crippen molar-refractivity contribution in [1.29, 1.82) is 0 Å². The minimum absolute atomic E-state index is 0.0762. The first kappa shape index (κ1) is 13.5. The summed E-state index contributed by atoms with van der Waals surface area (Å²) in [5, 5.41) is 16.1. The molecule has 0 fully saturated rings. The van der Waals surface area contributed by atoms with Crippen LogP contribution in [0.15, 0.2) is 18.2 Å². The van der Waals surface area contributed by atoms with Crippen LogP contribution in [0, 0.1) is 5.82 Å². The highest BCUT2D eigenvalue weighted by molar-refractivity contribution is 5.58. The topological polar surface area (TPSA) is 50.9 Å². The molecule has 1 N–H and O–H groups in total. The fourth-order valence-corrected chi connectivity index (χ4v) is 1.61. The fraction of sp³-hybridized carbons (Fsp3) is 0.273. The summed E-state index contributed by atoms with van der Waals surface area (Å²) in [5.74, 6) is -0.785.